The van der Waals surface area contributed by atoms with Crippen LogP contribution < -0.4 is 0 Å². The van der Waals surface area contributed by atoms with Crippen molar-refractivity contribution in [2.75, 3.05) is 45.8 Å². The zero-order valence-corrected chi connectivity index (χ0v) is 12.9. The number of quaternary nitrogens is 1. The van der Waals surface area contributed by atoms with E-state index in [0.29, 0.717) is 0 Å². The van der Waals surface area contributed by atoms with Gasteiger partial charge in [0.2, 0.25) is 0 Å². The SMILES string of the molecule is CC1CC[N+]2(CC1)CCN(CCc1ccccc1)CC2. The van der Waals surface area contributed by atoms with E-state index in [4.69, 9.17) is 0 Å². The van der Waals surface area contributed by atoms with Crippen molar-refractivity contribution in [3.63, 3.8) is 0 Å². The molecule has 1 aromatic carbocycles. The molecule has 0 atom stereocenters. The van der Waals surface area contributed by atoms with Crippen LogP contribution in [0.2, 0.25) is 0 Å². The number of benzene rings is 1. The fourth-order valence-electron chi connectivity index (χ4n) is 3.78. The summed E-state index contributed by atoms with van der Waals surface area (Å²) >= 11 is 0. The second-order valence-corrected chi connectivity index (χ2v) is 7.00. The van der Waals surface area contributed by atoms with Crippen LogP contribution in [0.15, 0.2) is 30.3 Å². The van der Waals surface area contributed by atoms with Gasteiger partial charge in [-0.2, -0.15) is 0 Å². The van der Waals surface area contributed by atoms with Crippen LogP contribution in [0, 0.1) is 5.92 Å². The predicted octanol–water partition coefficient (Wildman–Crippen LogP) is 2.79. The first kappa shape index (κ1) is 14.1. The molecule has 110 valence electrons. The van der Waals surface area contributed by atoms with Crippen LogP contribution >= 0.6 is 0 Å². The first-order valence-corrected chi connectivity index (χ1v) is 8.37. The summed E-state index contributed by atoms with van der Waals surface area (Å²) in [6.07, 6.45) is 4.10. The molecule has 0 aliphatic carbocycles. The number of nitrogens with zero attached hydrogens (tertiary/aromatic N) is 2. The molecule has 0 aromatic heterocycles. The van der Waals surface area contributed by atoms with Crippen molar-refractivity contribution in [2.45, 2.75) is 26.2 Å². The van der Waals surface area contributed by atoms with Gasteiger partial charge in [-0.1, -0.05) is 37.3 Å². The molecule has 2 aliphatic rings. The third kappa shape index (κ3) is 3.42. The van der Waals surface area contributed by atoms with E-state index in [1.165, 1.54) is 75.1 Å². The molecule has 2 fully saturated rings. The van der Waals surface area contributed by atoms with Crippen molar-refractivity contribution in [3.8, 4) is 0 Å². The van der Waals surface area contributed by atoms with Gasteiger partial charge in [0.05, 0.1) is 26.2 Å². The molecule has 0 N–H and O–H groups in total. The van der Waals surface area contributed by atoms with Gasteiger partial charge in [-0.3, -0.25) is 4.90 Å². The number of rotatable bonds is 3. The molecule has 0 radical (unpaired) electrons. The molecule has 0 saturated carbocycles. The summed E-state index contributed by atoms with van der Waals surface area (Å²) in [5.74, 6) is 0.967. The Morgan fingerprint density at radius 3 is 2.30 bits per heavy atom. The zero-order valence-electron chi connectivity index (χ0n) is 12.9. The van der Waals surface area contributed by atoms with E-state index in [-0.39, 0.29) is 0 Å². The summed E-state index contributed by atoms with van der Waals surface area (Å²) in [7, 11) is 0. The van der Waals surface area contributed by atoms with Gasteiger partial charge in [0.15, 0.2) is 0 Å². The van der Waals surface area contributed by atoms with Gasteiger partial charge in [-0.25, -0.2) is 0 Å². The van der Waals surface area contributed by atoms with Gasteiger partial charge in [0.1, 0.15) is 0 Å². The quantitative estimate of drug-likeness (QED) is 0.766. The Bertz CT molecular complexity index is 397. The molecule has 2 nitrogen and oxygen atoms in total. The van der Waals surface area contributed by atoms with E-state index < -0.39 is 0 Å². The van der Waals surface area contributed by atoms with Crippen LogP contribution in [0.25, 0.3) is 0 Å². The van der Waals surface area contributed by atoms with Crippen LogP contribution in [0.3, 0.4) is 0 Å². The maximum Gasteiger partial charge on any atom is 0.0916 e. The molecule has 2 aliphatic heterocycles. The van der Waals surface area contributed by atoms with Gasteiger partial charge in [-0.15, -0.1) is 0 Å². The van der Waals surface area contributed by atoms with Crippen LogP contribution in [0.5, 0.6) is 0 Å². The number of hydrogen-bond acceptors (Lipinski definition) is 1. The minimum atomic E-state index is 0.967. The largest absolute Gasteiger partial charge is 0.321 e. The van der Waals surface area contributed by atoms with Crippen molar-refractivity contribution < 1.29 is 4.48 Å². The first-order valence-electron chi connectivity index (χ1n) is 8.37. The molecule has 1 aromatic rings. The van der Waals surface area contributed by atoms with E-state index in [1.807, 2.05) is 0 Å². The van der Waals surface area contributed by atoms with Crippen molar-refractivity contribution in [1.82, 2.24) is 4.90 Å². The molecular weight excluding hydrogens is 244 g/mol. The fraction of sp³-hybridized carbons (Fsp3) is 0.667. The third-order valence-electron chi connectivity index (χ3n) is 5.53. The van der Waals surface area contributed by atoms with Crippen molar-refractivity contribution in [3.05, 3.63) is 35.9 Å². The monoisotopic (exact) mass is 273 g/mol. The summed E-state index contributed by atoms with van der Waals surface area (Å²) in [6.45, 7) is 11.9. The Labute approximate surface area is 124 Å². The van der Waals surface area contributed by atoms with Crippen LogP contribution in [-0.2, 0) is 6.42 Å². The average molecular weight is 273 g/mol. The van der Waals surface area contributed by atoms with E-state index in [2.05, 4.69) is 42.2 Å². The molecule has 0 amide bonds. The smallest absolute Gasteiger partial charge is 0.0916 e. The topological polar surface area (TPSA) is 3.24 Å². The van der Waals surface area contributed by atoms with Crippen LogP contribution in [0.1, 0.15) is 25.3 Å². The Kier molecular flexibility index (Phi) is 4.42. The molecule has 0 unspecified atom stereocenters. The van der Waals surface area contributed by atoms with Gasteiger partial charge in [-0.05, 0) is 30.7 Å². The summed E-state index contributed by atoms with van der Waals surface area (Å²) in [5, 5.41) is 0. The third-order valence-corrected chi connectivity index (χ3v) is 5.53. The Hall–Kier alpha value is -0.860. The minimum Gasteiger partial charge on any atom is -0.321 e. The highest BCUT2D eigenvalue weighted by Gasteiger charge is 2.35. The first-order chi connectivity index (χ1) is 9.76. The van der Waals surface area contributed by atoms with Gasteiger partial charge in [0.25, 0.3) is 0 Å². The lowest BCUT2D eigenvalue weighted by Crippen LogP contribution is -2.62. The maximum absolute atomic E-state index is 2.68. The van der Waals surface area contributed by atoms with Crippen LogP contribution in [-0.4, -0.2) is 55.2 Å². The lowest BCUT2D eigenvalue weighted by Gasteiger charge is -2.48. The summed E-state index contributed by atoms with van der Waals surface area (Å²) < 4.78 is 1.42. The maximum atomic E-state index is 2.68. The second kappa shape index (κ2) is 6.28. The van der Waals surface area contributed by atoms with Crippen molar-refractivity contribution in [1.29, 1.82) is 0 Å². The summed E-state index contributed by atoms with van der Waals surface area (Å²) in [5.41, 5.74) is 1.48. The van der Waals surface area contributed by atoms with Gasteiger partial charge >= 0.3 is 0 Å². The van der Waals surface area contributed by atoms with E-state index >= 15 is 0 Å². The van der Waals surface area contributed by atoms with Crippen molar-refractivity contribution in [2.24, 2.45) is 5.92 Å². The summed E-state index contributed by atoms with van der Waals surface area (Å²) in [6, 6.07) is 10.9. The lowest BCUT2D eigenvalue weighted by molar-refractivity contribution is -0.937. The Morgan fingerprint density at radius 2 is 1.65 bits per heavy atom. The number of piperazine rings is 1. The zero-order chi connectivity index (χ0) is 13.8. The number of hydrogen-bond donors (Lipinski definition) is 0. The van der Waals surface area contributed by atoms with Gasteiger partial charge in [0, 0.05) is 19.6 Å². The fourth-order valence-corrected chi connectivity index (χ4v) is 3.78. The molecular formula is C18H29N2+. The number of piperidine rings is 1. The van der Waals surface area contributed by atoms with Crippen LogP contribution in [0.4, 0.5) is 0 Å². The Morgan fingerprint density at radius 1 is 1.00 bits per heavy atom. The second-order valence-electron chi connectivity index (χ2n) is 7.00. The highest BCUT2D eigenvalue weighted by atomic mass is 15.4. The Balaban J connectivity index is 1.44. The standard InChI is InChI=1S/C18H29N2/c1-17-8-13-20(14-9-17)15-11-19(12-16-20)10-7-18-5-3-2-4-6-18/h2-6,17H,7-16H2,1H3/q+1. The lowest BCUT2D eigenvalue weighted by atomic mass is 9.96. The van der Waals surface area contributed by atoms with E-state index in [0.717, 1.165) is 5.92 Å². The molecule has 20 heavy (non-hydrogen) atoms. The highest BCUT2D eigenvalue weighted by Crippen LogP contribution is 2.25. The van der Waals surface area contributed by atoms with Gasteiger partial charge < -0.3 is 4.48 Å². The molecule has 2 heteroatoms. The highest BCUT2D eigenvalue weighted by molar-refractivity contribution is 5.14. The average Bonchev–Trinajstić information content (AvgIpc) is 2.51. The molecule has 1 spiro atoms. The molecule has 0 bridgehead atoms. The molecule has 2 heterocycles. The predicted molar refractivity (Wildman–Crippen MR) is 84.7 cm³/mol. The minimum absolute atomic E-state index is 0.967. The normalized spacial score (nSPS) is 24.1. The van der Waals surface area contributed by atoms with Crippen molar-refractivity contribution >= 4 is 0 Å². The van der Waals surface area contributed by atoms with E-state index in [9.17, 15) is 0 Å². The van der Waals surface area contributed by atoms with E-state index in [1.54, 1.807) is 0 Å². The summed E-state index contributed by atoms with van der Waals surface area (Å²) in [4.78, 5) is 2.68. The molecule has 2 saturated heterocycles. The molecule has 3 rings (SSSR count).